The van der Waals surface area contributed by atoms with Crippen molar-refractivity contribution in [2.45, 2.75) is 45.7 Å². The number of carbonyl (C=O) groups excluding carboxylic acids is 2. The molecule has 0 aliphatic carbocycles. The summed E-state index contributed by atoms with van der Waals surface area (Å²) >= 11 is 0. The Kier molecular flexibility index (Phi) is 5.63. The predicted octanol–water partition coefficient (Wildman–Crippen LogP) is 3.05. The number of alkyl halides is 3. The van der Waals surface area contributed by atoms with E-state index in [0.29, 0.717) is 0 Å². The van der Waals surface area contributed by atoms with Crippen molar-refractivity contribution in [2.75, 3.05) is 0 Å². The SMILES string of the molecule is C[C@H](OC(=O)c1ccc(OC(F)(F)F)cc1)C(=O)NC(C)(C)C. The number of ether oxygens (including phenoxy) is 2. The predicted molar refractivity (Wildman–Crippen MR) is 75.9 cm³/mol. The van der Waals surface area contributed by atoms with E-state index in [0.717, 1.165) is 24.3 Å². The maximum Gasteiger partial charge on any atom is 0.573 e. The molecule has 0 heterocycles. The molecule has 1 amide bonds. The minimum atomic E-state index is -4.80. The van der Waals surface area contributed by atoms with Crippen LogP contribution in [0.1, 0.15) is 38.1 Å². The second-order valence-electron chi connectivity index (χ2n) is 5.86. The van der Waals surface area contributed by atoms with Gasteiger partial charge in [-0.1, -0.05) is 0 Å². The molecule has 1 rings (SSSR count). The van der Waals surface area contributed by atoms with Crippen LogP contribution in [-0.2, 0) is 9.53 Å². The number of esters is 1. The van der Waals surface area contributed by atoms with Crippen LogP contribution in [0.2, 0.25) is 0 Å². The molecule has 0 radical (unpaired) electrons. The number of amides is 1. The third-order valence-electron chi connectivity index (χ3n) is 2.47. The quantitative estimate of drug-likeness (QED) is 0.860. The summed E-state index contributed by atoms with van der Waals surface area (Å²) < 4.78 is 44.8. The summed E-state index contributed by atoms with van der Waals surface area (Å²) in [6.45, 7) is 6.73. The first kappa shape index (κ1) is 18.8. The van der Waals surface area contributed by atoms with Gasteiger partial charge >= 0.3 is 12.3 Å². The molecular weight excluding hydrogens is 315 g/mol. The van der Waals surface area contributed by atoms with E-state index in [2.05, 4.69) is 10.1 Å². The number of hydrogen-bond acceptors (Lipinski definition) is 4. The second kappa shape index (κ2) is 6.89. The first-order valence-electron chi connectivity index (χ1n) is 6.76. The lowest BCUT2D eigenvalue weighted by Gasteiger charge is -2.23. The van der Waals surface area contributed by atoms with E-state index in [9.17, 15) is 22.8 Å². The average molecular weight is 333 g/mol. The molecule has 0 saturated carbocycles. The minimum absolute atomic E-state index is 0.00920. The van der Waals surface area contributed by atoms with Crippen LogP contribution < -0.4 is 10.1 Å². The van der Waals surface area contributed by atoms with Gasteiger partial charge in [-0.15, -0.1) is 13.2 Å². The minimum Gasteiger partial charge on any atom is -0.449 e. The third-order valence-corrected chi connectivity index (χ3v) is 2.47. The molecule has 5 nitrogen and oxygen atoms in total. The molecular formula is C15H18F3NO4. The molecule has 0 saturated heterocycles. The monoisotopic (exact) mass is 333 g/mol. The number of nitrogens with one attached hydrogen (secondary N) is 1. The fourth-order valence-corrected chi connectivity index (χ4v) is 1.55. The molecule has 1 N–H and O–H groups in total. The molecule has 1 aromatic rings. The summed E-state index contributed by atoms with van der Waals surface area (Å²) in [5.41, 5.74) is -0.469. The highest BCUT2D eigenvalue weighted by Crippen LogP contribution is 2.23. The highest BCUT2D eigenvalue weighted by atomic mass is 19.4. The van der Waals surface area contributed by atoms with Crippen molar-refractivity contribution < 1.29 is 32.2 Å². The highest BCUT2D eigenvalue weighted by molar-refractivity contribution is 5.92. The maximum atomic E-state index is 12.0. The topological polar surface area (TPSA) is 64.6 Å². The second-order valence-corrected chi connectivity index (χ2v) is 5.86. The number of rotatable bonds is 4. The molecule has 0 spiro atoms. The number of halogens is 3. The summed E-state index contributed by atoms with van der Waals surface area (Å²) in [5, 5.41) is 2.65. The Hall–Kier alpha value is -2.25. The van der Waals surface area contributed by atoms with Crippen molar-refractivity contribution in [1.82, 2.24) is 5.32 Å². The molecule has 1 aromatic carbocycles. The molecule has 0 bridgehead atoms. The largest absolute Gasteiger partial charge is 0.573 e. The van der Waals surface area contributed by atoms with Gasteiger partial charge in [-0.25, -0.2) is 4.79 Å². The van der Waals surface area contributed by atoms with Crippen molar-refractivity contribution in [3.8, 4) is 5.75 Å². The van der Waals surface area contributed by atoms with E-state index in [1.165, 1.54) is 6.92 Å². The Labute approximate surface area is 131 Å². The van der Waals surface area contributed by atoms with Crippen molar-refractivity contribution >= 4 is 11.9 Å². The Morgan fingerprint density at radius 3 is 2.04 bits per heavy atom. The fourth-order valence-electron chi connectivity index (χ4n) is 1.55. The van der Waals surface area contributed by atoms with Crippen LogP contribution in [0, 0.1) is 0 Å². The lowest BCUT2D eigenvalue weighted by atomic mass is 10.1. The van der Waals surface area contributed by atoms with E-state index < -0.39 is 35.6 Å². The Bertz CT molecular complexity index is 562. The zero-order valence-corrected chi connectivity index (χ0v) is 13.2. The lowest BCUT2D eigenvalue weighted by Crippen LogP contribution is -2.46. The summed E-state index contributed by atoms with van der Waals surface area (Å²) in [6, 6.07) is 4.23. The van der Waals surface area contributed by atoms with Gasteiger partial charge in [0.15, 0.2) is 6.10 Å². The molecule has 0 aliphatic rings. The van der Waals surface area contributed by atoms with E-state index in [1.54, 1.807) is 20.8 Å². The highest BCUT2D eigenvalue weighted by Gasteiger charge is 2.31. The van der Waals surface area contributed by atoms with Crippen LogP contribution >= 0.6 is 0 Å². The molecule has 0 unspecified atom stereocenters. The van der Waals surface area contributed by atoms with Gasteiger partial charge in [-0.2, -0.15) is 0 Å². The van der Waals surface area contributed by atoms with Crippen molar-refractivity contribution in [3.63, 3.8) is 0 Å². The van der Waals surface area contributed by atoms with E-state index in [4.69, 9.17) is 4.74 Å². The molecule has 128 valence electrons. The lowest BCUT2D eigenvalue weighted by molar-refractivity contribution is -0.274. The maximum absolute atomic E-state index is 12.0. The van der Waals surface area contributed by atoms with Crippen molar-refractivity contribution in [1.29, 1.82) is 0 Å². The number of benzene rings is 1. The first-order chi connectivity index (χ1) is 10.4. The van der Waals surface area contributed by atoms with Crippen LogP contribution in [-0.4, -0.2) is 29.9 Å². The summed E-state index contributed by atoms with van der Waals surface area (Å²) in [5.74, 6) is -1.74. The number of carbonyl (C=O) groups is 2. The van der Waals surface area contributed by atoms with Gasteiger partial charge < -0.3 is 14.8 Å². The molecule has 8 heteroatoms. The van der Waals surface area contributed by atoms with Gasteiger partial charge in [0.05, 0.1) is 5.56 Å². The molecule has 1 atom stereocenters. The van der Waals surface area contributed by atoms with Gasteiger partial charge in [0.25, 0.3) is 5.91 Å². The standard InChI is InChI=1S/C15H18F3NO4/c1-9(12(20)19-14(2,3)4)22-13(21)10-5-7-11(8-6-10)23-15(16,17)18/h5-9H,1-4H3,(H,19,20)/t9-/m0/s1. The van der Waals surface area contributed by atoms with Crippen molar-refractivity contribution in [2.24, 2.45) is 0 Å². The van der Waals surface area contributed by atoms with Crippen LogP contribution in [0.3, 0.4) is 0 Å². The normalized spacial score (nSPS) is 13.2. The van der Waals surface area contributed by atoms with E-state index in [-0.39, 0.29) is 5.56 Å². The van der Waals surface area contributed by atoms with E-state index in [1.807, 2.05) is 0 Å². The average Bonchev–Trinajstić information content (AvgIpc) is 2.35. The van der Waals surface area contributed by atoms with Gasteiger partial charge in [-0.05, 0) is 52.0 Å². The zero-order chi connectivity index (χ0) is 17.8. The van der Waals surface area contributed by atoms with E-state index >= 15 is 0 Å². The Balaban J connectivity index is 2.66. The number of hydrogen-bond donors (Lipinski definition) is 1. The molecule has 0 fully saturated rings. The van der Waals surface area contributed by atoms with Crippen molar-refractivity contribution in [3.05, 3.63) is 29.8 Å². The molecule has 0 aromatic heterocycles. The van der Waals surface area contributed by atoms with Gasteiger partial charge in [0.1, 0.15) is 5.75 Å². The Morgan fingerprint density at radius 1 is 1.09 bits per heavy atom. The van der Waals surface area contributed by atoms with Gasteiger partial charge in [-0.3, -0.25) is 4.79 Å². The molecule has 23 heavy (non-hydrogen) atoms. The zero-order valence-electron chi connectivity index (χ0n) is 13.2. The summed E-state index contributed by atoms with van der Waals surface area (Å²) in [4.78, 5) is 23.7. The van der Waals surface area contributed by atoms with Gasteiger partial charge in [0, 0.05) is 5.54 Å². The van der Waals surface area contributed by atoms with Crippen LogP contribution in [0.25, 0.3) is 0 Å². The van der Waals surface area contributed by atoms with Gasteiger partial charge in [0.2, 0.25) is 0 Å². The molecule has 0 aliphatic heterocycles. The van der Waals surface area contributed by atoms with Crippen LogP contribution in [0.15, 0.2) is 24.3 Å². The summed E-state index contributed by atoms with van der Waals surface area (Å²) in [7, 11) is 0. The first-order valence-corrected chi connectivity index (χ1v) is 6.76. The third kappa shape index (κ3) is 7.03. The Morgan fingerprint density at radius 2 is 1.61 bits per heavy atom. The summed E-state index contributed by atoms with van der Waals surface area (Å²) in [6.07, 6.45) is -5.84. The van der Waals surface area contributed by atoms with Crippen LogP contribution in [0.5, 0.6) is 5.75 Å². The smallest absolute Gasteiger partial charge is 0.449 e. The van der Waals surface area contributed by atoms with Crippen LogP contribution in [0.4, 0.5) is 13.2 Å². The fraction of sp³-hybridized carbons (Fsp3) is 0.467.